The van der Waals surface area contributed by atoms with E-state index in [2.05, 4.69) is 20.3 Å². The van der Waals surface area contributed by atoms with Crippen LogP contribution in [0.25, 0.3) is 5.65 Å². The summed E-state index contributed by atoms with van der Waals surface area (Å²) in [7, 11) is 0. The normalized spacial score (nSPS) is 26.1. The molecule has 2 atom stereocenters. The monoisotopic (exact) mass is 287 g/mol. The Morgan fingerprint density at radius 2 is 2.43 bits per heavy atom. The van der Waals surface area contributed by atoms with E-state index in [-0.39, 0.29) is 6.10 Å². The second-order valence-corrected chi connectivity index (χ2v) is 6.02. The first-order chi connectivity index (χ1) is 10.3. The van der Waals surface area contributed by atoms with E-state index >= 15 is 0 Å². The molecule has 0 aromatic carbocycles. The summed E-state index contributed by atoms with van der Waals surface area (Å²) >= 11 is 0. The summed E-state index contributed by atoms with van der Waals surface area (Å²) in [4.78, 5) is 7.09. The van der Waals surface area contributed by atoms with Crippen LogP contribution in [0.1, 0.15) is 18.4 Å². The van der Waals surface area contributed by atoms with Crippen LogP contribution in [-0.2, 0) is 4.74 Å². The molecule has 2 aliphatic rings. The lowest BCUT2D eigenvalue weighted by atomic mass is 10.2. The van der Waals surface area contributed by atoms with Gasteiger partial charge in [0.25, 0.3) is 0 Å². The number of ether oxygens (including phenoxy) is 1. The van der Waals surface area contributed by atoms with Crippen molar-refractivity contribution in [1.29, 1.82) is 0 Å². The summed E-state index contributed by atoms with van der Waals surface area (Å²) in [6.07, 6.45) is 4.74. The van der Waals surface area contributed by atoms with E-state index in [9.17, 15) is 0 Å². The van der Waals surface area contributed by atoms with E-state index in [1.54, 1.807) is 0 Å². The van der Waals surface area contributed by atoms with Crippen molar-refractivity contribution < 1.29 is 4.74 Å². The third-order valence-corrected chi connectivity index (χ3v) is 4.51. The van der Waals surface area contributed by atoms with Crippen molar-refractivity contribution in [1.82, 2.24) is 19.5 Å². The third-order valence-electron chi connectivity index (χ3n) is 4.51. The Morgan fingerprint density at radius 3 is 3.33 bits per heavy atom. The molecule has 0 bridgehead atoms. The van der Waals surface area contributed by atoms with Crippen molar-refractivity contribution in [2.45, 2.75) is 31.9 Å². The molecule has 2 aromatic heterocycles. The van der Waals surface area contributed by atoms with Crippen LogP contribution in [0.3, 0.4) is 0 Å². The first-order valence-electron chi connectivity index (χ1n) is 7.71. The van der Waals surface area contributed by atoms with Gasteiger partial charge in [0.2, 0.25) is 5.95 Å². The van der Waals surface area contributed by atoms with Crippen LogP contribution < -0.4 is 5.32 Å². The molecule has 4 rings (SSSR count). The Kier molecular flexibility index (Phi) is 3.27. The highest BCUT2D eigenvalue weighted by molar-refractivity contribution is 5.49. The fourth-order valence-electron chi connectivity index (χ4n) is 3.33. The first kappa shape index (κ1) is 13.0. The van der Waals surface area contributed by atoms with Gasteiger partial charge in [0, 0.05) is 25.3 Å². The largest absolute Gasteiger partial charge is 0.373 e. The number of morpholine rings is 1. The maximum Gasteiger partial charge on any atom is 0.243 e. The zero-order valence-corrected chi connectivity index (χ0v) is 12.3. The van der Waals surface area contributed by atoms with Gasteiger partial charge in [0.15, 0.2) is 5.65 Å². The third kappa shape index (κ3) is 2.49. The van der Waals surface area contributed by atoms with Crippen molar-refractivity contribution in [3.63, 3.8) is 0 Å². The van der Waals surface area contributed by atoms with Gasteiger partial charge in [-0.15, -0.1) is 5.10 Å². The Labute approximate surface area is 124 Å². The van der Waals surface area contributed by atoms with Gasteiger partial charge in [0.1, 0.15) is 0 Å². The first-order valence-corrected chi connectivity index (χ1v) is 7.71. The number of hydrogen-bond donors (Lipinski definition) is 1. The molecule has 0 saturated carbocycles. The number of rotatable bonds is 3. The second kappa shape index (κ2) is 5.27. The average Bonchev–Trinajstić information content (AvgIpc) is 3.11. The lowest BCUT2D eigenvalue weighted by molar-refractivity contribution is -0.0416. The molecule has 112 valence electrons. The molecule has 4 heterocycles. The lowest BCUT2D eigenvalue weighted by Gasteiger charge is -2.35. The number of pyridine rings is 1. The number of anilines is 1. The fourth-order valence-corrected chi connectivity index (χ4v) is 3.33. The van der Waals surface area contributed by atoms with Crippen molar-refractivity contribution >= 4 is 11.6 Å². The van der Waals surface area contributed by atoms with E-state index in [1.807, 2.05) is 29.8 Å². The number of fused-ring (bicyclic) bond motifs is 2. The van der Waals surface area contributed by atoms with Crippen LogP contribution >= 0.6 is 0 Å². The maximum atomic E-state index is 5.94. The highest BCUT2D eigenvalue weighted by atomic mass is 16.5. The van der Waals surface area contributed by atoms with Gasteiger partial charge < -0.3 is 10.1 Å². The van der Waals surface area contributed by atoms with E-state index < -0.39 is 0 Å². The van der Waals surface area contributed by atoms with Crippen LogP contribution in [0.2, 0.25) is 0 Å². The van der Waals surface area contributed by atoms with Gasteiger partial charge in [-0.1, -0.05) is 6.07 Å². The molecule has 1 N–H and O–H groups in total. The molecule has 6 heteroatoms. The van der Waals surface area contributed by atoms with Crippen LogP contribution in [0, 0.1) is 6.92 Å². The summed E-state index contributed by atoms with van der Waals surface area (Å²) in [5, 5.41) is 7.77. The highest BCUT2D eigenvalue weighted by Gasteiger charge is 2.32. The predicted octanol–water partition coefficient (Wildman–Crippen LogP) is 1.31. The zero-order valence-electron chi connectivity index (χ0n) is 12.3. The van der Waals surface area contributed by atoms with Crippen molar-refractivity contribution in [2.75, 3.05) is 31.6 Å². The van der Waals surface area contributed by atoms with E-state index in [0.717, 1.165) is 30.9 Å². The molecule has 0 radical (unpaired) electrons. The zero-order chi connectivity index (χ0) is 14.2. The second-order valence-electron chi connectivity index (χ2n) is 6.02. The summed E-state index contributed by atoms with van der Waals surface area (Å²) in [5.74, 6) is 0.677. The maximum absolute atomic E-state index is 5.94. The Bertz CT molecular complexity index is 640. The molecular formula is C15H21N5O. The van der Waals surface area contributed by atoms with Crippen molar-refractivity contribution in [2.24, 2.45) is 0 Å². The van der Waals surface area contributed by atoms with E-state index in [1.165, 1.54) is 19.4 Å². The Morgan fingerprint density at radius 1 is 1.48 bits per heavy atom. The van der Waals surface area contributed by atoms with Gasteiger partial charge in [-0.2, -0.15) is 4.98 Å². The molecule has 0 spiro atoms. The van der Waals surface area contributed by atoms with E-state index in [4.69, 9.17) is 4.74 Å². The number of nitrogens with zero attached hydrogens (tertiary/aromatic N) is 4. The Balaban J connectivity index is 1.40. The molecular weight excluding hydrogens is 266 g/mol. The Hall–Kier alpha value is -1.66. The molecule has 2 unspecified atom stereocenters. The minimum atomic E-state index is 0.229. The van der Waals surface area contributed by atoms with Crippen molar-refractivity contribution in [3.05, 3.63) is 23.9 Å². The lowest BCUT2D eigenvalue weighted by Crippen LogP contribution is -2.48. The number of aromatic nitrogens is 3. The molecule has 0 aliphatic carbocycles. The smallest absolute Gasteiger partial charge is 0.243 e. The molecule has 2 saturated heterocycles. The molecule has 2 aliphatic heterocycles. The molecule has 2 fully saturated rings. The number of hydrogen-bond acceptors (Lipinski definition) is 5. The summed E-state index contributed by atoms with van der Waals surface area (Å²) < 4.78 is 7.76. The van der Waals surface area contributed by atoms with Crippen LogP contribution in [-0.4, -0.2) is 57.9 Å². The topological polar surface area (TPSA) is 54.7 Å². The average molecular weight is 287 g/mol. The fraction of sp³-hybridized carbons (Fsp3) is 0.600. The quantitative estimate of drug-likeness (QED) is 0.922. The molecule has 21 heavy (non-hydrogen) atoms. The minimum Gasteiger partial charge on any atom is -0.373 e. The van der Waals surface area contributed by atoms with Crippen molar-refractivity contribution in [3.8, 4) is 0 Å². The molecule has 6 nitrogen and oxygen atoms in total. The molecule has 0 amide bonds. The number of nitrogens with one attached hydrogen (secondary N) is 1. The summed E-state index contributed by atoms with van der Waals surface area (Å²) in [6, 6.07) is 4.68. The summed E-state index contributed by atoms with van der Waals surface area (Å²) in [5.41, 5.74) is 2.04. The van der Waals surface area contributed by atoms with Gasteiger partial charge in [0.05, 0.1) is 12.7 Å². The van der Waals surface area contributed by atoms with Crippen LogP contribution in [0.15, 0.2) is 18.3 Å². The highest BCUT2D eigenvalue weighted by Crippen LogP contribution is 2.22. The minimum absolute atomic E-state index is 0.229. The van der Waals surface area contributed by atoms with Gasteiger partial charge >= 0.3 is 0 Å². The van der Waals surface area contributed by atoms with Gasteiger partial charge in [-0.3, -0.25) is 4.90 Å². The van der Waals surface area contributed by atoms with Crippen LogP contribution in [0.4, 0.5) is 5.95 Å². The van der Waals surface area contributed by atoms with E-state index in [0.29, 0.717) is 12.0 Å². The van der Waals surface area contributed by atoms with Gasteiger partial charge in [-0.05, 0) is 37.9 Å². The standard InChI is InChI=1S/C15H21N5O/c1-11-4-2-7-20-14(11)17-15(18-20)16-8-13-9-19-6-3-5-12(19)10-21-13/h2,4,7,12-13H,3,5-6,8-10H2,1H3,(H,16,18). The van der Waals surface area contributed by atoms with Crippen LogP contribution in [0.5, 0.6) is 0 Å². The summed E-state index contributed by atoms with van der Waals surface area (Å²) in [6.45, 7) is 5.91. The van der Waals surface area contributed by atoms with Gasteiger partial charge in [-0.25, -0.2) is 4.52 Å². The number of aryl methyl sites for hydroxylation is 1. The predicted molar refractivity (Wildman–Crippen MR) is 80.5 cm³/mol. The molecule has 2 aromatic rings. The SMILES string of the molecule is Cc1cccn2nc(NCC3CN4CCCC4CO3)nc12.